The molecule has 7 rings (SSSR count). The molecule has 6 N–H and O–H groups in total. The summed E-state index contributed by atoms with van der Waals surface area (Å²) in [6, 6.07) is 0. The summed E-state index contributed by atoms with van der Waals surface area (Å²) in [4.78, 5) is 0. The molecule has 240 valence electrons. The molecule has 18 atom stereocenters. The van der Waals surface area contributed by atoms with E-state index in [2.05, 4.69) is 20.8 Å². The minimum absolute atomic E-state index is 0.00703. The summed E-state index contributed by atoms with van der Waals surface area (Å²) in [5.41, 5.74) is -2.27. The summed E-state index contributed by atoms with van der Waals surface area (Å²) in [6.07, 6.45) is -2.92. The van der Waals surface area contributed by atoms with Gasteiger partial charge in [0.1, 0.15) is 30.0 Å². The maximum absolute atomic E-state index is 11.8. The van der Waals surface area contributed by atoms with E-state index in [1.807, 2.05) is 6.92 Å². The Morgan fingerprint density at radius 1 is 0.786 bits per heavy atom. The second kappa shape index (κ2) is 10.0. The van der Waals surface area contributed by atoms with Crippen molar-refractivity contribution in [3.8, 4) is 0 Å². The molecule has 10 heteroatoms. The molecule has 0 aromatic rings. The highest BCUT2D eigenvalue weighted by molar-refractivity contribution is 5.22. The van der Waals surface area contributed by atoms with E-state index in [1.54, 1.807) is 0 Å². The lowest BCUT2D eigenvalue weighted by atomic mass is 9.41. The van der Waals surface area contributed by atoms with E-state index >= 15 is 0 Å². The van der Waals surface area contributed by atoms with Crippen LogP contribution in [0.25, 0.3) is 0 Å². The van der Waals surface area contributed by atoms with Crippen LogP contribution in [-0.2, 0) is 18.9 Å². The number of ether oxygens (including phenoxy) is 4. The monoisotopic (exact) mass is 596 g/mol. The molecule has 0 bridgehead atoms. The van der Waals surface area contributed by atoms with Crippen molar-refractivity contribution < 1.29 is 49.6 Å². The highest BCUT2D eigenvalue weighted by Crippen LogP contribution is 2.72. The van der Waals surface area contributed by atoms with Gasteiger partial charge < -0.3 is 49.6 Å². The van der Waals surface area contributed by atoms with Crippen LogP contribution in [-0.4, -0.2) is 104 Å². The third-order valence-electron chi connectivity index (χ3n) is 14.0. The van der Waals surface area contributed by atoms with Crippen LogP contribution < -0.4 is 0 Å². The Hall–Kier alpha value is -0.400. The van der Waals surface area contributed by atoms with E-state index in [1.165, 1.54) is 0 Å². The van der Waals surface area contributed by atoms with Crippen molar-refractivity contribution in [2.24, 2.45) is 46.3 Å². The molecule has 10 nitrogen and oxygen atoms in total. The van der Waals surface area contributed by atoms with Crippen molar-refractivity contribution in [2.45, 2.75) is 139 Å². The molecule has 3 saturated heterocycles. The van der Waals surface area contributed by atoms with Gasteiger partial charge in [0.15, 0.2) is 12.1 Å². The number of hydrogen-bond donors (Lipinski definition) is 6. The van der Waals surface area contributed by atoms with Gasteiger partial charge >= 0.3 is 0 Å². The normalized spacial score (nSPS) is 62.7. The summed E-state index contributed by atoms with van der Waals surface area (Å²) >= 11 is 0. The Kier molecular flexibility index (Phi) is 7.24. The minimum Gasteiger partial charge on any atom is -0.392 e. The Labute approximate surface area is 248 Å². The van der Waals surface area contributed by atoms with Gasteiger partial charge in [-0.3, -0.25) is 0 Å². The fourth-order valence-corrected chi connectivity index (χ4v) is 11.7. The number of hydrogen-bond acceptors (Lipinski definition) is 10. The van der Waals surface area contributed by atoms with E-state index in [0.717, 1.165) is 45.1 Å². The highest BCUT2D eigenvalue weighted by Gasteiger charge is 2.74. The molecule has 4 saturated carbocycles. The lowest BCUT2D eigenvalue weighted by molar-refractivity contribution is -0.379. The Balaban J connectivity index is 1.19. The van der Waals surface area contributed by atoms with Crippen molar-refractivity contribution in [1.29, 1.82) is 0 Å². The SMILES string of the molecule is C[C@@H]1CC[C@]2(OC1)O[C@@H]1C[C@@H]3[C@H]4CC[C@]5(O[C@H]6OC[C@H](O)[C@@H](O)[C@@H]6O)[C@H](O)[C@@H](O)C[C@@H](O)[C@]5(C)[C@@H]4CC[C@@]3(C)[C@@H]1[C@H]2C. The van der Waals surface area contributed by atoms with E-state index in [-0.39, 0.29) is 36.4 Å². The molecule has 0 amide bonds. The topological polar surface area (TPSA) is 158 Å². The maximum atomic E-state index is 11.8. The van der Waals surface area contributed by atoms with Crippen LogP contribution in [0.4, 0.5) is 0 Å². The first-order valence-corrected chi connectivity index (χ1v) is 16.5. The smallest absolute Gasteiger partial charge is 0.187 e. The largest absolute Gasteiger partial charge is 0.392 e. The second-order valence-corrected chi connectivity index (χ2v) is 15.7. The Morgan fingerprint density at radius 3 is 2.26 bits per heavy atom. The number of aliphatic hydroxyl groups is 6. The molecule has 4 aliphatic carbocycles. The van der Waals surface area contributed by atoms with Gasteiger partial charge in [0.25, 0.3) is 0 Å². The van der Waals surface area contributed by atoms with Gasteiger partial charge in [-0.25, -0.2) is 0 Å². The summed E-state index contributed by atoms with van der Waals surface area (Å²) in [5.74, 6) is 1.44. The first kappa shape index (κ1) is 30.3. The highest BCUT2D eigenvalue weighted by atomic mass is 16.7. The Morgan fingerprint density at radius 2 is 1.55 bits per heavy atom. The predicted molar refractivity (Wildman–Crippen MR) is 149 cm³/mol. The molecule has 0 aromatic carbocycles. The van der Waals surface area contributed by atoms with Crippen LogP contribution in [0, 0.1) is 46.3 Å². The van der Waals surface area contributed by atoms with Crippen molar-refractivity contribution in [2.75, 3.05) is 13.2 Å². The van der Waals surface area contributed by atoms with Crippen LogP contribution in [0.5, 0.6) is 0 Å². The van der Waals surface area contributed by atoms with E-state index in [9.17, 15) is 30.6 Å². The minimum atomic E-state index is -1.53. The maximum Gasteiger partial charge on any atom is 0.187 e. The number of rotatable bonds is 2. The van der Waals surface area contributed by atoms with Crippen LogP contribution in [0.15, 0.2) is 0 Å². The lowest BCUT2D eigenvalue weighted by Gasteiger charge is -2.68. The molecule has 1 spiro atoms. The first-order valence-electron chi connectivity index (χ1n) is 16.5. The van der Waals surface area contributed by atoms with E-state index in [4.69, 9.17) is 18.9 Å². The quantitative estimate of drug-likeness (QED) is 0.257. The van der Waals surface area contributed by atoms with Crippen LogP contribution in [0.2, 0.25) is 0 Å². The molecule has 3 heterocycles. The second-order valence-electron chi connectivity index (χ2n) is 15.7. The zero-order valence-electron chi connectivity index (χ0n) is 25.5. The van der Waals surface area contributed by atoms with Gasteiger partial charge in [0.2, 0.25) is 0 Å². The van der Waals surface area contributed by atoms with E-state index in [0.29, 0.717) is 30.1 Å². The third-order valence-corrected chi connectivity index (χ3v) is 14.0. The third kappa shape index (κ3) is 3.86. The zero-order chi connectivity index (χ0) is 30.0. The van der Waals surface area contributed by atoms with Crippen molar-refractivity contribution in [3.63, 3.8) is 0 Å². The molecule has 0 unspecified atom stereocenters. The number of aliphatic hydroxyl groups excluding tert-OH is 6. The van der Waals surface area contributed by atoms with Gasteiger partial charge in [0, 0.05) is 24.2 Å². The predicted octanol–water partition coefficient (Wildman–Crippen LogP) is 1.31. The van der Waals surface area contributed by atoms with Crippen molar-refractivity contribution >= 4 is 0 Å². The number of fused-ring (bicyclic) bond motifs is 7. The fraction of sp³-hybridized carbons (Fsp3) is 1.00. The molecular weight excluding hydrogens is 544 g/mol. The van der Waals surface area contributed by atoms with Crippen molar-refractivity contribution in [3.05, 3.63) is 0 Å². The zero-order valence-corrected chi connectivity index (χ0v) is 25.5. The van der Waals surface area contributed by atoms with Gasteiger partial charge in [-0.05, 0) is 73.5 Å². The van der Waals surface area contributed by atoms with Gasteiger partial charge in [-0.1, -0.05) is 27.7 Å². The lowest BCUT2D eigenvalue weighted by Crippen LogP contribution is -2.75. The Bertz CT molecular complexity index is 1030. The van der Waals surface area contributed by atoms with Gasteiger partial charge in [-0.15, -0.1) is 0 Å². The average molecular weight is 597 g/mol. The summed E-state index contributed by atoms with van der Waals surface area (Å²) < 4.78 is 25.5. The molecule has 42 heavy (non-hydrogen) atoms. The van der Waals surface area contributed by atoms with Gasteiger partial charge in [-0.2, -0.15) is 0 Å². The molecule has 7 aliphatic rings. The molecule has 0 aromatic heterocycles. The van der Waals surface area contributed by atoms with Gasteiger partial charge in [0.05, 0.1) is 31.5 Å². The summed E-state index contributed by atoms with van der Waals surface area (Å²) in [7, 11) is 0. The molecule has 0 radical (unpaired) electrons. The van der Waals surface area contributed by atoms with E-state index < -0.39 is 59.7 Å². The fourth-order valence-electron chi connectivity index (χ4n) is 11.7. The van der Waals surface area contributed by atoms with Crippen LogP contribution >= 0.6 is 0 Å². The average Bonchev–Trinajstić information content (AvgIpc) is 3.40. The molecular formula is C32H52O10. The molecule has 7 fully saturated rings. The first-order chi connectivity index (χ1) is 19.8. The summed E-state index contributed by atoms with van der Waals surface area (Å²) in [5, 5.41) is 65.4. The van der Waals surface area contributed by atoms with Crippen LogP contribution in [0.3, 0.4) is 0 Å². The summed E-state index contributed by atoms with van der Waals surface area (Å²) in [6.45, 7) is 9.50. The van der Waals surface area contributed by atoms with Crippen LogP contribution in [0.1, 0.15) is 79.1 Å². The molecule has 3 aliphatic heterocycles. The van der Waals surface area contributed by atoms with Crippen molar-refractivity contribution in [1.82, 2.24) is 0 Å². The standard InChI is InChI=1S/C32H52O10/c1-15-5-10-32(40-13-15)16(2)24-22(41-32)11-19-17-6-9-31(42-28-26(37)25(36)21(34)14-39-28)27(38)20(33)12-23(35)30(31,4)18(17)7-8-29(19,24)3/h15-28,33-38H,5-14H2,1-4H3/t15-,16-,17+,18-,19-,20+,21+,22-,23-,24-,25-,26+,27-,28-,29-,30+,31+,32+/m1/s1.